The Labute approximate surface area is 418 Å². The first-order chi connectivity index (χ1) is 35.7. The molecule has 0 N–H and O–H groups in total. The molecule has 11 aromatic carbocycles. The third-order valence-corrected chi connectivity index (χ3v) is 16.1. The molecule has 1 spiro atoms. The maximum atomic E-state index is 7.03. The molecule has 1 atom stereocenters. The fourth-order valence-corrected chi connectivity index (χ4v) is 13.0. The molecule has 72 heavy (non-hydrogen) atoms. The second-order valence-corrected chi connectivity index (χ2v) is 19.9. The number of aromatic nitrogens is 1. The molecule has 15 rings (SSSR count). The predicted molar refractivity (Wildman–Crippen MR) is 298 cm³/mol. The van der Waals surface area contributed by atoms with E-state index in [1.54, 1.807) is 0 Å². The lowest BCUT2D eigenvalue weighted by Gasteiger charge is -2.31. The van der Waals surface area contributed by atoms with E-state index >= 15 is 0 Å². The number of hydrogen-bond acceptors (Lipinski definition) is 1. The topological polar surface area (TPSA) is 18.1 Å². The van der Waals surface area contributed by atoms with Crippen molar-refractivity contribution in [3.63, 3.8) is 0 Å². The fourth-order valence-electron chi connectivity index (χ4n) is 13.0. The smallest absolute Gasteiger partial charge is 0.143 e. The summed E-state index contributed by atoms with van der Waals surface area (Å²) in [7, 11) is 0. The molecule has 0 radical (unpaired) electrons. The summed E-state index contributed by atoms with van der Waals surface area (Å²) in [6.07, 6.45) is 1.71. The highest BCUT2D eigenvalue weighted by Gasteiger charge is 2.51. The van der Waals surface area contributed by atoms with Crippen molar-refractivity contribution in [3.8, 4) is 50.2 Å². The van der Waals surface area contributed by atoms with Gasteiger partial charge < -0.3 is 8.98 Å². The lowest BCUT2D eigenvalue weighted by Crippen LogP contribution is -2.26. The molecule has 2 nitrogen and oxygen atoms in total. The number of fused-ring (bicyclic) bond motifs is 16. The minimum Gasteiger partial charge on any atom is -0.455 e. The molecule has 1 unspecified atom stereocenters. The molecule has 2 aliphatic carbocycles. The van der Waals surface area contributed by atoms with Crippen LogP contribution in [0, 0.1) is 0 Å². The fraction of sp³-hybridized carbons (Fsp3) is 0.0571. The molecule has 0 saturated carbocycles. The Balaban J connectivity index is 0.905. The minimum atomic E-state index is -0.415. The normalized spacial score (nSPS) is 13.4. The Morgan fingerprint density at radius 1 is 0.375 bits per heavy atom. The third-order valence-electron chi connectivity index (χ3n) is 16.1. The molecular weight excluding hydrogens is 871 g/mol. The first-order valence-corrected chi connectivity index (χ1v) is 25.3. The summed E-state index contributed by atoms with van der Waals surface area (Å²) < 4.78 is 9.42. The van der Waals surface area contributed by atoms with Crippen LogP contribution in [0.25, 0.3) is 93.9 Å². The van der Waals surface area contributed by atoms with Crippen LogP contribution in [0.2, 0.25) is 0 Å². The zero-order valence-corrected chi connectivity index (χ0v) is 39.6. The number of furan rings is 1. The molecule has 2 heterocycles. The van der Waals surface area contributed by atoms with Gasteiger partial charge in [-0.25, -0.2) is 0 Å². The Morgan fingerprint density at radius 3 is 1.65 bits per heavy atom. The number of benzene rings is 11. The summed E-state index contributed by atoms with van der Waals surface area (Å²) >= 11 is 0. The lowest BCUT2D eigenvalue weighted by atomic mass is 9.70. The van der Waals surface area contributed by atoms with Gasteiger partial charge in [0.15, 0.2) is 0 Å². The van der Waals surface area contributed by atoms with Crippen molar-refractivity contribution in [2.75, 3.05) is 0 Å². The van der Waals surface area contributed by atoms with E-state index in [9.17, 15) is 0 Å². The quantitative estimate of drug-likeness (QED) is 0.149. The highest BCUT2D eigenvalue weighted by atomic mass is 16.3. The van der Waals surface area contributed by atoms with E-state index in [-0.39, 0.29) is 5.92 Å². The minimum absolute atomic E-state index is 0.147. The Kier molecular flexibility index (Phi) is 9.10. The number of rotatable bonds is 8. The molecule has 2 aliphatic rings. The van der Waals surface area contributed by atoms with E-state index in [1.165, 1.54) is 99.5 Å². The van der Waals surface area contributed by atoms with Gasteiger partial charge in [0.1, 0.15) is 11.2 Å². The summed E-state index contributed by atoms with van der Waals surface area (Å²) in [5, 5.41) is 4.81. The lowest BCUT2D eigenvalue weighted by molar-refractivity contribution is 0.666. The summed E-state index contributed by atoms with van der Waals surface area (Å²) in [6, 6.07) is 94.6. The van der Waals surface area contributed by atoms with E-state index < -0.39 is 5.41 Å². The monoisotopic (exact) mass is 917 g/mol. The molecule has 13 aromatic rings. The second-order valence-electron chi connectivity index (χ2n) is 19.9. The Bertz CT molecular complexity index is 4210. The van der Waals surface area contributed by atoms with Crippen molar-refractivity contribution in [2.45, 2.75) is 24.2 Å². The maximum absolute atomic E-state index is 7.03. The zero-order valence-electron chi connectivity index (χ0n) is 39.6. The van der Waals surface area contributed by atoms with Crippen LogP contribution in [0.5, 0.6) is 0 Å². The number of nitrogens with zero attached hydrogens (tertiary/aromatic N) is 1. The first-order valence-electron chi connectivity index (χ1n) is 25.3. The highest BCUT2D eigenvalue weighted by molar-refractivity contribution is 6.14. The van der Waals surface area contributed by atoms with Crippen LogP contribution in [0.3, 0.4) is 0 Å². The average molecular weight is 918 g/mol. The van der Waals surface area contributed by atoms with E-state index in [0.29, 0.717) is 0 Å². The van der Waals surface area contributed by atoms with E-state index in [2.05, 4.69) is 259 Å². The zero-order chi connectivity index (χ0) is 47.3. The van der Waals surface area contributed by atoms with Crippen molar-refractivity contribution in [2.24, 2.45) is 0 Å². The van der Waals surface area contributed by atoms with Gasteiger partial charge in [-0.1, -0.05) is 218 Å². The number of para-hydroxylation sites is 3. The van der Waals surface area contributed by atoms with Gasteiger partial charge in [0.2, 0.25) is 0 Å². The highest BCUT2D eigenvalue weighted by Crippen LogP contribution is 2.63. The van der Waals surface area contributed by atoms with Crippen molar-refractivity contribution >= 4 is 43.7 Å². The molecule has 2 aromatic heterocycles. The largest absolute Gasteiger partial charge is 0.455 e. The van der Waals surface area contributed by atoms with Crippen molar-refractivity contribution in [3.05, 3.63) is 294 Å². The summed E-state index contributed by atoms with van der Waals surface area (Å²) in [5.74, 6) is 0.147. The van der Waals surface area contributed by atoms with E-state index in [0.717, 1.165) is 46.2 Å². The van der Waals surface area contributed by atoms with Gasteiger partial charge in [0.05, 0.1) is 16.4 Å². The average Bonchev–Trinajstić information content (AvgIpc) is 4.18. The van der Waals surface area contributed by atoms with Crippen LogP contribution in [-0.2, 0) is 18.3 Å². The van der Waals surface area contributed by atoms with Gasteiger partial charge in [-0.15, -0.1) is 0 Å². The molecule has 0 saturated heterocycles. The van der Waals surface area contributed by atoms with Gasteiger partial charge in [-0.05, 0) is 133 Å². The molecule has 0 amide bonds. The van der Waals surface area contributed by atoms with Crippen LogP contribution >= 0.6 is 0 Å². The molecule has 0 aliphatic heterocycles. The van der Waals surface area contributed by atoms with Crippen molar-refractivity contribution in [1.29, 1.82) is 0 Å². The van der Waals surface area contributed by atoms with Crippen LogP contribution in [0.15, 0.2) is 259 Å². The molecule has 0 fully saturated rings. The number of hydrogen-bond donors (Lipinski definition) is 0. The predicted octanol–water partition coefficient (Wildman–Crippen LogP) is 17.9. The van der Waals surface area contributed by atoms with E-state index in [1.807, 2.05) is 0 Å². The second kappa shape index (κ2) is 16.0. The van der Waals surface area contributed by atoms with Gasteiger partial charge in [0, 0.05) is 32.8 Å². The molecule has 338 valence electrons. The third kappa shape index (κ3) is 6.02. The molecule has 0 bridgehead atoms. The van der Waals surface area contributed by atoms with Crippen LogP contribution < -0.4 is 0 Å². The van der Waals surface area contributed by atoms with Gasteiger partial charge in [-0.2, -0.15) is 0 Å². The summed E-state index contributed by atoms with van der Waals surface area (Å²) in [6.45, 7) is 0. The Hall–Kier alpha value is -8.98. The first kappa shape index (κ1) is 40.9. The maximum Gasteiger partial charge on any atom is 0.143 e. The van der Waals surface area contributed by atoms with Gasteiger partial charge in [-0.3, -0.25) is 0 Å². The van der Waals surface area contributed by atoms with Crippen LogP contribution in [0.1, 0.15) is 44.9 Å². The Morgan fingerprint density at radius 2 is 0.931 bits per heavy atom. The standard InChI is InChI=1S/C70H47NO/c1-3-17-46(18-4-1)47-33-31-45(32-34-47)41-51(48-35-39-57-56-23-9-14-28-63(56)70(64(57)44-48)61-26-12-7-21-54(61)55-22-8-13-27-62(55)70)42-50-36-38-53(69-68(50)59-25-11-16-30-67(59)72-69)49-37-40-66-60(43-49)58-24-10-15-29-65(58)71(66)52-19-5-2-6-20-52/h1-40,43-44,51H,41-42H2. The van der Waals surface area contributed by atoms with E-state index in [4.69, 9.17) is 4.42 Å². The van der Waals surface area contributed by atoms with Crippen LogP contribution in [0.4, 0.5) is 0 Å². The summed E-state index contributed by atoms with van der Waals surface area (Å²) in [5.41, 5.74) is 24.4. The van der Waals surface area contributed by atoms with Crippen molar-refractivity contribution in [1.82, 2.24) is 4.57 Å². The van der Waals surface area contributed by atoms with Crippen molar-refractivity contribution < 1.29 is 4.42 Å². The van der Waals surface area contributed by atoms with Crippen LogP contribution in [-0.4, -0.2) is 4.57 Å². The molecular formula is C70H47NO. The van der Waals surface area contributed by atoms with Gasteiger partial charge >= 0.3 is 0 Å². The SMILES string of the molecule is c1ccc(-c2ccc(CC(Cc3ccc(-c4ccc5c(c4)c4ccccc4n5-c4ccccc4)c4oc5ccccc5c34)c3ccc4c(c3)C3(c5ccccc5-c5ccccc53)c3ccccc3-4)cc2)cc1. The summed E-state index contributed by atoms with van der Waals surface area (Å²) in [4.78, 5) is 0. The molecule has 2 heteroatoms. The van der Waals surface area contributed by atoms with Gasteiger partial charge in [0.25, 0.3) is 0 Å².